The van der Waals surface area contributed by atoms with E-state index in [-0.39, 0.29) is 5.76 Å². The van der Waals surface area contributed by atoms with E-state index in [4.69, 9.17) is 10.1 Å². The van der Waals surface area contributed by atoms with Gasteiger partial charge < -0.3 is 15.3 Å². The van der Waals surface area contributed by atoms with Gasteiger partial charge in [0.05, 0.1) is 13.3 Å². The lowest BCUT2D eigenvalue weighted by molar-refractivity contribution is -0.109. The fourth-order valence-electron chi connectivity index (χ4n) is 1.80. The Morgan fingerprint density at radius 3 is 2.45 bits per heavy atom. The number of aliphatic hydroxyl groups excluding tert-OH is 1. The fourth-order valence-corrected chi connectivity index (χ4v) is 1.80. The van der Waals surface area contributed by atoms with Crippen molar-refractivity contribution in [2.75, 3.05) is 7.11 Å². The maximum absolute atomic E-state index is 11.6. The minimum Gasteiger partial charge on any atom is -0.507 e. The summed E-state index contributed by atoms with van der Waals surface area (Å²) in [5.41, 5.74) is 2.54. The Bertz CT molecular complexity index is 594. The second kappa shape index (κ2) is 6.70. The van der Waals surface area contributed by atoms with Crippen LogP contribution < -0.4 is 4.74 Å². The van der Waals surface area contributed by atoms with Crippen LogP contribution in [-0.4, -0.2) is 24.2 Å². The van der Waals surface area contributed by atoms with Crippen LogP contribution in [0.3, 0.4) is 0 Å². The van der Waals surface area contributed by atoms with Crippen LogP contribution in [0.25, 0.3) is 5.76 Å². The topological polar surface area (TPSA) is 70.4 Å². The molecule has 0 bridgehead atoms. The molecule has 0 aliphatic heterocycles. The van der Waals surface area contributed by atoms with Crippen molar-refractivity contribution in [3.05, 3.63) is 46.5 Å². The maximum atomic E-state index is 11.6. The zero-order valence-electron chi connectivity index (χ0n) is 12.2. The molecule has 2 N–H and O–H groups in total. The lowest BCUT2D eigenvalue weighted by Gasteiger charge is -2.08. The van der Waals surface area contributed by atoms with Gasteiger partial charge in [0.2, 0.25) is 5.78 Å². The van der Waals surface area contributed by atoms with Gasteiger partial charge in [-0.2, -0.15) is 0 Å². The molecule has 0 radical (unpaired) electrons. The van der Waals surface area contributed by atoms with Crippen molar-refractivity contribution in [2.45, 2.75) is 20.8 Å². The number of Topliss-reactive ketones (excluding diaryl/α,β-unsaturated/α-hetero) is 1. The standard InChI is InChI=1S/C16H19NO3/c1-10(2)14(16(19)9-17)8-15(18)13-6-5-12(20-4)7-11(13)3/h5-9,17-18H,1-4H3/b15-8+,17-9?. The number of carbonyl (C=O) groups is 1. The summed E-state index contributed by atoms with van der Waals surface area (Å²) in [5, 5.41) is 17.2. The number of aliphatic hydroxyl groups is 1. The maximum Gasteiger partial charge on any atom is 0.203 e. The van der Waals surface area contributed by atoms with E-state index in [2.05, 4.69) is 0 Å². The van der Waals surface area contributed by atoms with Gasteiger partial charge in [-0.05, 0) is 50.6 Å². The number of ketones is 1. The van der Waals surface area contributed by atoms with E-state index in [0.29, 0.717) is 16.9 Å². The first-order valence-corrected chi connectivity index (χ1v) is 6.18. The number of ether oxygens (including phenoxy) is 1. The van der Waals surface area contributed by atoms with Gasteiger partial charge in [-0.1, -0.05) is 5.57 Å². The van der Waals surface area contributed by atoms with E-state index in [1.807, 2.05) is 6.92 Å². The van der Waals surface area contributed by atoms with Crippen molar-refractivity contribution in [1.82, 2.24) is 0 Å². The molecule has 0 fully saturated rings. The van der Waals surface area contributed by atoms with Gasteiger partial charge in [0.15, 0.2) is 0 Å². The molecular weight excluding hydrogens is 254 g/mol. The minimum atomic E-state index is -0.428. The Morgan fingerprint density at radius 2 is 2.00 bits per heavy atom. The Labute approximate surface area is 118 Å². The zero-order valence-corrected chi connectivity index (χ0v) is 12.2. The van der Waals surface area contributed by atoms with Crippen LogP contribution in [0.5, 0.6) is 5.75 Å². The first kappa shape index (κ1) is 15.7. The summed E-state index contributed by atoms with van der Waals surface area (Å²) in [5.74, 6) is 0.274. The van der Waals surface area contributed by atoms with E-state index < -0.39 is 5.78 Å². The van der Waals surface area contributed by atoms with Crippen molar-refractivity contribution in [1.29, 1.82) is 5.41 Å². The Hall–Kier alpha value is -2.36. The Balaban J connectivity index is 3.26. The summed E-state index contributed by atoms with van der Waals surface area (Å²) < 4.78 is 5.11. The smallest absolute Gasteiger partial charge is 0.203 e. The third kappa shape index (κ3) is 3.57. The highest BCUT2D eigenvalue weighted by atomic mass is 16.5. The molecule has 0 amide bonds. The molecule has 0 saturated carbocycles. The number of carbonyl (C=O) groups excluding carboxylic acids is 1. The predicted octanol–water partition coefficient (Wildman–Crippen LogP) is 3.46. The summed E-state index contributed by atoms with van der Waals surface area (Å²) in [7, 11) is 1.58. The van der Waals surface area contributed by atoms with Gasteiger partial charge in [0.25, 0.3) is 0 Å². The molecule has 0 aliphatic carbocycles. The molecule has 1 aromatic rings. The van der Waals surface area contributed by atoms with Crippen LogP contribution in [0.15, 0.2) is 35.4 Å². The number of hydrogen-bond acceptors (Lipinski definition) is 4. The number of rotatable bonds is 5. The summed E-state index contributed by atoms with van der Waals surface area (Å²) in [6.07, 6.45) is 2.14. The second-order valence-corrected chi connectivity index (χ2v) is 4.63. The molecule has 20 heavy (non-hydrogen) atoms. The molecule has 0 aromatic heterocycles. The quantitative estimate of drug-likeness (QED) is 0.373. The van der Waals surface area contributed by atoms with Crippen molar-refractivity contribution in [2.24, 2.45) is 0 Å². The van der Waals surface area contributed by atoms with Crippen LogP contribution in [0, 0.1) is 12.3 Å². The van der Waals surface area contributed by atoms with Gasteiger partial charge in [-0.25, -0.2) is 0 Å². The fraction of sp³-hybridized carbons (Fsp3) is 0.250. The molecule has 0 aliphatic rings. The lowest BCUT2D eigenvalue weighted by atomic mass is 10.0. The molecule has 4 nitrogen and oxygen atoms in total. The van der Waals surface area contributed by atoms with Crippen LogP contribution in [0.4, 0.5) is 0 Å². The molecule has 4 heteroatoms. The lowest BCUT2D eigenvalue weighted by Crippen LogP contribution is -2.04. The first-order valence-electron chi connectivity index (χ1n) is 6.18. The van der Waals surface area contributed by atoms with E-state index in [1.165, 1.54) is 6.08 Å². The van der Waals surface area contributed by atoms with Gasteiger partial charge in [0.1, 0.15) is 11.5 Å². The van der Waals surface area contributed by atoms with Gasteiger partial charge in [0, 0.05) is 11.1 Å². The normalized spacial score (nSPS) is 10.9. The summed E-state index contributed by atoms with van der Waals surface area (Å²) in [6, 6.07) is 5.28. The molecular formula is C16H19NO3. The van der Waals surface area contributed by atoms with Crippen LogP contribution in [-0.2, 0) is 4.79 Å². The zero-order chi connectivity index (χ0) is 15.3. The van der Waals surface area contributed by atoms with Gasteiger partial charge in [-0.3, -0.25) is 4.79 Å². The average Bonchev–Trinajstić information content (AvgIpc) is 2.43. The monoisotopic (exact) mass is 273 g/mol. The number of benzene rings is 1. The van der Waals surface area contributed by atoms with Gasteiger partial charge in [-0.15, -0.1) is 0 Å². The molecule has 0 heterocycles. The third-order valence-corrected chi connectivity index (χ3v) is 2.93. The van der Waals surface area contributed by atoms with E-state index in [1.54, 1.807) is 39.2 Å². The van der Waals surface area contributed by atoms with Crippen molar-refractivity contribution in [3.8, 4) is 5.75 Å². The number of allylic oxidation sites excluding steroid dienone is 3. The number of aryl methyl sites for hydroxylation is 1. The summed E-state index contributed by atoms with van der Waals surface area (Å²) in [6.45, 7) is 5.38. The van der Waals surface area contributed by atoms with Crippen molar-refractivity contribution >= 4 is 17.8 Å². The van der Waals surface area contributed by atoms with Crippen LogP contribution >= 0.6 is 0 Å². The molecule has 0 unspecified atom stereocenters. The largest absolute Gasteiger partial charge is 0.507 e. The number of nitrogens with one attached hydrogen (secondary N) is 1. The van der Waals surface area contributed by atoms with Crippen LogP contribution in [0.1, 0.15) is 25.0 Å². The van der Waals surface area contributed by atoms with Gasteiger partial charge >= 0.3 is 0 Å². The van der Waals surface area contributed by atoms with E-state index in [9.17, 15) is 9.90 Å². The third-order valence-electron chi connectivity index (χ3n) is 2.93. The molecule has 0 saturated heterocycles. The number of methoxy groups -OCH3 is 1. The molecule has 0 spiro atoms. The highest BCUT2D eigenvalue weighted by Crippen LogP contribution is 2.23. The summed E-state index contributed by atoms with van der Waals surface area (Å²) in [4.78, 5) is 11.6. The Morgan fingerprint density at radius 1 is 1.35 bits per heavy atom. The Kier molecular flexibility index (Phi) is 5.26. The SMILES string of the molecule is COc1ccc(/C(O)=C\C(C(=O)C=N)=C(C)C)c(C)c1. The highest BCUT2D eigenvalue weighted by Gasteiger charge is 2.10. The molecule has 1 aromatic carbocycles. The van der Waals surface area contributed by atoms with E-state index >= 15 is 0 Å². The van der Waals surface area contributed by atoms with E-state index in [0.717, 1.165) is 17.4 Å². The first-order chi connectivity index (χ1) is 9.40. The van der Waals surface area contributed by atoms with Crippen molar-refractivity contribution in [3.63, 3.8) is 0 Å². The molecule has 106 valence electrons. The number of hydrogen-bond donors (Lipinski definition) is 2. The summed E-state index contributed by atoms with van der Waals surface area (Å²) >= 11 is 0. The predicted molar refractivity (Wildman–Crippen MR) is 80.5 cm³/mol. The average molecular weight is 273 g/mol. The highest BCUT2D eigenvalue weighted by molar-refractivity contribution is 6.35. The van der Waals surface area contributed by atoms with Crippen LogP contribution in [0.2, 0.25) is 0 Å². The van der Waals surface area contributed by atoms with Crippen molar-refractivity contribution < 1.29 is 14.6 Å². The molecule has 1 rings (SSSR count). The second-order valence-electron chi connectivity index (χ2n) is 4.63. The molecule has 0 atom stereocenters. The minimum absolute atomic E-state index is 0.00319.